The summed E-state index contributed by atoms with van der Waals surface area (Å²) in [6.07, 6.45) is 0. The molecular weight excluding hydrogens is 174 g/mol. The molecule has 1 unspecified atom stereocenters. The Balaban J connectivity index is 3.18. The average molecular weight is 186 g/mol. The van der Waals surface area contributed by atoms with Crippen molar-refractivity contribution >= 4 is 0 Å². The van der Waals surface area contributed by atoms with Crippen LogP contribution in [-0.4, -0.2) is 11.7 Å². The second kappa shape index (κ2) is 3.83. The molecule has 0 saturated carbocycles. The van der Waals surface area contributed by atoms with Gasteiger partial charge in [-0.2, -0.15) is 0 Å². The van der Waals surface area contributed by atoms with Gasteiger partial charge in [-0.05, 0) is 18.6 Å². The molecule has 1 aromatic carbocycles. The molecule has 1 rings (SSSR count). The van der Waals surface area contributed by atoms with Crippen LogP contribution in [0.15, 0.2) is 12.1 Å². The molecule has 0 amide bonds. The maximum atomic E-state index is 13.3. The van der Waals surface area contributed by atoms with Gasteiger partial charge in [-0.25, -0.2) is 8.78 Å². The second-order valence-corrected chi connectivity index (χ2v) is 3.16. The fraction of sp³-hybridized carbons (Fsp3) is 0.400. The summed E-state index contributed by atoms with van der Waals surface area (Å²) in [6.45, 7) is 2.94. The Hall–Kier alpha value is -0.960. The molecule has 0 aliphatic heterocycles. The van der Waals surface area contributed by atoms with E-state index in [1.165, 1.54) is 19.1 Å². The smallest absolute Gasteiger partial charge is 0.132 e. The molecule has 0 saturated heterocycles. The summed E-state index contributed by atoms with van der Waals surface area (Å²) in [6, 6.07) is 2.60. The highest BCUT2D eigenvalue weighted by Crippen LogP contribution is 2.22. The van der Waals surface area contributed by atoms with Gasteiger partial charge >= 0.3 is 0 Å². The molecule has 1 nitrogen and oxygen atoms in total. The van der Waals surface area contributed by atoms with Gasteiger partial charge in [0.05, 0.1) is 0 Å². The van der Waals surface area contributed by atoms with Crippen molar-refractivity contribution in [1.82, 2.24) is 0 Å². The van der Waals surface area contributed by atoms with Gasteiger partial charge in [0.15, 0.2) is 0 Å². The van der Waals surface area contributed by atoms with Gasteiger partial charge < -0.3 is 5.11 Å². The van der Waals surface area contributed by atoms with Crippen molar-refractivity contribution in [2.24, 2.45) is 0 Å². The lowest BCUT2D eigenvalue weighted by molar-refractivity contribution is 0.270. The maximum Gasteiger partial charge on any atom is 0.132 e. The minimum absolute atomic E-state index is 0.0119. The van der Waals surface area contributed by atoms with E-state index in [9.17, 15) is 8.78 Å². The number of rotatable bonds is 2. The summed E-state index contributed by atoms with van der Waals surface area (Å²) in [4.78, 5) is 0. The number of hydrogen-bond acceptors (Lipinski definition) is 1. The van der Waals surface area contributed by atoms with Crippen LogP contribution in [-0.2, 0) is 0 Å². The quantitative estimate of drug-likeness (QED) is 0.751. The van der Waals surface area contributed by atoms with E-state index in [0.717, 1.165) is 0 Å². The highest BCUT2D eigenvalue weighted by atomic mass is 19.1. The van der Waals surface area contributed by atoms with Crippen LogP contribution in [0.5, 0.6) is 0 Å². The molecule has 13 heavy (non-hydrogen) atoms. The van der Waals surface area contributed by atoms with E-state index in [0.29, 0.717) is 5.56 Å². The third kappa shape index (κ3) is 1.86. The second-order valence-electron chi connectivity index (χ2n) is 3.16. The third-order valence-electron chi connectivity index (χ3n) is 2.15. The molecule has 0 aliphatic carbocycles. The Labute approximate surface area is 76.0 Å². The van der Waals surface area contributed by atoms with Gasteiger partial charge in [0.25, 0.3) is 0 Å². The van der Waals surface area contributed by atoms with Gasteiger partial charge in [0.2, 0.25) is 0 Å². The minimum Gasteiger partial charge on any atom is -0.396 e. The predicted octanol–water partition coefficient (Wildman–Crippen LogP) is 2.37. The van der Waals surface area contributed by atoms with E-state index in [4.69, 9.17) is 5.11 Å². The highest BCUT2D eigenvalue weighted by Gasteiger charge is 2.13. The fourth-order valence-corrected chi connectivity index (χ4v) is 1.16. The molecule has 0 aliphatic rings. The summed E-state index contributed by atoms with van der Waals surface area (Å²) >= 11 is 0. The van der Waals surface area contributed by atoms with Crippen molar-refractivity contribution in [2.75, 3.05) is 6.61 Å². The third-order valence-corrected chi connectivity index (χ3v) is 2.15. The molecular formula is C10H12F2O. The minimum atomic E-state index is -0.554. The van der Waals surface area contributed by atoms with E-state index in [1.807, 2.05) is 0 Å². The molecule has 0 bridgehead atoms. The number of aliphatic hydroxyl groups is 1. The lowest BCUT2D eigenvalue weighted by atomic mass is 9.99. The van der Waals surface area contributed by atoms with Crippen LogP contribution in [0.3, 0.4) is 0 Å². The summed E-state index contributed by atoms with van der Waals surface area (Å²) in [5, 5.41) is 8.81. The first-order valence-corrected chi connectivity index (χ1v) is 4.13. The van der Waals surface area contributed by atoms with E-state index in [-0.39, 0.29) is 18.1 Å². The van der Waals surface area contributed by atoms with Crippen LogP contribution in [0.2, 0.25) is 0 Å². The zero-order valence-corrected chi connectivity index (χ0v) is 7.64. The van der Waals surface area contributed by atoms with Gasteiger partial charge in [-0.3, -0.25) is 0 Å². The summed E-state index contributed by atoms with van der Waals surface area (Å²) < 4.78 is 26.2. The van der Waals surface area contributed by atoms with Crippen LogP contribution in [0, 0.1) is 18.6 Å². The van der Waals surface area contributed by atoms with E-state index in [1.54, 1.807) is 6.92 Å². The first-order valence-electron chi connectivity index (χ1n) is 4.13. The molecule has 0 aromatic heterocycles. The monoisotopic (exact) mass is 186 g/mol. The van der Waals surface area contributed by atoms with Crippen LogP contribution < -0.4 is 0 Å². The molecule has 1 N–H and O–H groups in total. The largest absolute Gasteiger partial charge is 0.396 e. The maximum absolute atomic E-state index is 13.3. The van der Waals surface area contributed by atoms with Crippen molar-refractivity contribution < 1.29 is 13.9 Å². The molecule has 72 valence electrons. The van der Waals surface area contributed by atoms with Gasteiger partial charge in [0, 0.05) is 18.1 Å². The molecule has 0 radical (unpaired) electrons. The SMILES string of the molecule is Cc1c(F)ccc(C(C)CO)c1F. The summed E-state index contributed by atoms with van der Waals surface area (Å²) in [7, 11) is 0. The number of halogens is 2. The molecule has 1 atom stereocenters. The topological polar surface area (TPSA) is 20.2 Å². The molecule has 1 aromatic rings. The van der Waals surface area contributed by atoms with Crippen molar-refractivity contribution in [3.63, 3.8) is 0 Å². The van der Waals surface area contributed by atoms with Crippen molar-refractivity contribution in [3.8, 4) is 0 Å². The molecule has 0 spiro atoms. The van der Waals surface area contributed by atoms with Crippen LogP contribution in [0.1, 0.15) is 24.0 Å². The Morgan fingerprint density at radius 3 is 2.54 bits per heavy atom. The van der Waals surface area contributed by atoms with Gasteiger partial charge in [0.1, 0.15) is 11.6 Å². The van der Waals surface area contributed by atoms with Crippen molar-refractivity contribution in [1.29, 1.82) is 0 Å². The summed E-state index contributed by atoms with van der Waals surface area (Å²) in [5.41, 5.74) is 0.374. The van der Waals surface area contributed by atoms with Crippen LogP contribution in [0.25, 0.3) is 0 Å². The molecule has 0 heterocycles. The van der Waals surface area contributed by atoms with E-state index in [2.05, 4.69) is 0 Å². The zero-order chi connectivity index (χ0) is 10.0. The first kappa shape index (κ1) is 10.1. The number of hydrogen-bond donors (Lipinski definition) is 1. The van der Waals surface area contributed by atoms with Crippen molar-refractivity contribution in [3.05, 3.63) is 34.9 Å². The lowest BCUT2D eigenvalue weighted by Crippen LogP contribution is -2.04. The fourth-order valence-electron chi connectivity index (χ4n) is 1.16. The Kier molecular flexibility index (Phi) is 2.98. The normalized spacial score (nSPS) is 13.0. The van der Waals surface area contributed by atoms with Gasteiger partial charge in [-0.1, -0.05) is 13.0 Å². The van der Waals surface area contributed by atoms with E-state index < -0.39 is 11.6 Å². The number of aliphatic hydroxyl groups excluding tert-OH is 1. The number of benzene rings is 1. The van der Waals surface area contributed by atoms with Crippen LogP contribution >= 0.6 is 0 Å². The standard InChI is InChI=1S/C10H12F2O/c1-6(5-13)8-3-4-9(11)7(2)10(8)12/h3-4,6,13H,5H2,1-2H3. The van der Waals surface area contributed by atoms with Crippen LogP contribution in [0.4, 0.5) is 8.78 Å². The van der Waals surface area contributed by atoms with E-state index >= 15 is 0 Å². The lowest BCUT2D eigenvalue weighted by Gasteiger charge is -2.11. The Morgan fingerprint density at radius 1 is 1.38 bits per heavy atom. The zero-order valence-electron chi connectivity index (χ0n) is 7.64. The Bertz CT molecular complexity index is 310. The summed E-state index contributed by atoms with van der Waals surface area (Å²) in [5.74, 6) is -1.40. The van der Waals surface area contributed by atoms with Gasteiger partial charge in [-0.15, -0.1) is 0 Å². The molecule has 3 heteroatoms. The molecule has 0 fully saturated rings. The predicted molar refractivity (Wildman–Crippen MR) is 46.6 cm³/mol. The first-order chi connectivity index (χ1) is 6.07. The average Bonchev–Trinajstić information content (AvgIpc) is 2.13. The van der Waals surface area contributed by atoms with Crippen molar-refractivity contribution in [2.45, 2.75) is 19.8 Å². The highest BCUT2D eigenvalue weighted by molar-refractivity contribution is 5.28. The Morgan fingerprint density at radius 2 is 2.00 bits per heavy atom.